The van der Waals surface area contributed by atoms with E-state index in [1.54, 1.807) is 4.68 Å². The average molecular weight is 359 g/mol. The van der Waals surface area contributed by atoms with E-state index in [2.05, 4.69) is 26.2 Å². The van der Waals surface area contributed by atoms with Gasteiger partial charge in [0.25, 0.3) is 0 Å². The number of rotatable bonds is 4. The molecule has 0 radical (unpaired) electrons. The molecule has 0 saturated heterocycles. The van der Waals surface area contributed by atoms with Crippen molar-refractivity contribution in [2.24, 2.45) is 0 Å². The maximum Gasteiger partial charge on any atom is 0.179 e. The summed E-state index contributed by atoms with van der Waals surface area (Å²) in [4.78, 5) is 0. The van der Waals surface area contributed by atoms with E-state index >= 15 is 0 Å². The van der Waals surface area contributed by atoms with Crippen LogP contribution in [0.15, 0.2) is 18.3 Å². The van der Waals surface area contributed by atoms with Crippen LogP contribution in [0.5, 0.6) is 11.5 Å². The quantitative estimate of drug-likeness (QED) is 0.789. The number of hydrogen-bond acceptors (Lipinski definition) is 4. The highest BCUT2D eigenvalue weighted by Gasteiger charge is 2.16. The molecule has 2 heterocycles. The molecule has 1 aromatic heterocycles. The molecule has 0 saturated carbocycles. The second kappa shape index (κ2) is 6.01. The van der Waals surface area contributed by atoms with Crippen LogP contribution in [0.4, 0.5) is 0 Å². The van der Waals surface area contributed by atoms with Gasteiger partial charge in [0.05, 0.1) is 17.3 Å². The lowest BCUT2D eigenvalue weighted by atomic mass is 10.2. The van der Waals surface area contributed by atoms with E-state index in [0.29, 0.717) is 36.3 Å². The summed E-state index contributed by atoms with van der Waals surface area (Å²) in [6.07, 6.45) is 2.80. The molecule has 2 aromatic rings. The lowest BCUT2D eigenvalue weighted by Gasteiger charge is -2.20. The molecule has 0 unspecified atom stereocenters. The maximum absolute atomic E-state index is 6.21. The Morgan fingerprint density at radius 1 is 1.30 bits per heavy atom. The predicted molar refractivity (Wildman–Crippen MR) is 79.1 cm³/mol. The molecule has 0 amide bonds. The molecule has 0 N–H and O–H groups in total. The van der Waals surface area contributed by atoms with Crippen LogP contribution in [0.1, 0.15) is 11.3 Å². The molecule has 5 nitrogen and oxygen atoms in total. The first-order valence-corrected chi connectivity index (χ1v) is 7.79. The van der Waals surface area contributed by atoms with Crippen LogP contribution in [0, 0.1) is 0 Å². The number of aromatic nitrogens is 3. The van der Waals surface area contributed by atoms with Gasteiger partial charge in [-0.15, -0.1) is 5.10 Å². The Labute approximate surface area is 130 Å². The van der Waals surface area contributed by atoms with Gasteiger partial charge in [0.15, 0.2) is 11.5 Å². The fourth-order valence-electron chi connectivity index (χ4n) is 2.07. The Morgan fingerprint density at radius 3 is 3.00 bits per heavy atom. The minimum Gasteiger partial charge on any atom is -0.486 e. The van der Waals surface area contributed by atoms with Crippen LogP contribution in [0.2, 0.25) is 5.02 Å². The minimum atomic E-state index is 0.533. The summed E-state index contributed by atoms with van der Waals surface area (Å²) in [5.74, 6) is 1.32. The van der Waals surface area contributed by atoms with Crippen molar-refractivity contribution in [3.8, 4) is 11.5 Å². The lowest BCUT2D eigenvalue weighted by molar-refractivity contribution is 0.171. The monoisotopic (exact) mass is 357 g/mol. The van der Waals surface area contributed by atoms with Crippen molar-refractivity contribution in [2.75, 3.05) is 18.5 Å². The van der Waals surface area contributed by atoms with Crippen molar-refractivity contribution in [1.82, 2.24) is 15.0 Å². The van der Waals surface area contributed by atoms with Crippen LogP contribution >= 0.6 is 27.5 Å². The Balaban J connectivity index is 1.81. The molecular formula is C13H13BrClN3O2. The summed E-state index contributed by atoms with van der Waals surface area (Å²) >= 11 is 9.60. The van der Waals surface area contributed by atoms with Gasteiger partial charge in [-0.25, -0.2) is 4.68 Å². The number of fused-ring (bicyclic) bond motifs is 1. The van der Waals surface area contributed by atoms with Crippen molar-refractivity contribution >= 4 is 27.5 Å². The zero-order chi connectivity index (χ0) is 13.9. The van der Waals surface area contributed by atoms with Crippen LogP contribution in [-0.4, -0.2) is 33.5 Å². The van der Waals surface area contributed by atoms with E-state index in [4.69, 9.17) is 21.1 Å². The molecule has 106 valence electrons. The molecule has 0 bridgehead atoms. The molecular weight excluding hydrogens is 346 g/mol. The van der Waals surface area contributed by atoms with Gasteiger partial charge in [-0.2, -0.15) is 0 Å². The largest absolute Gasteiger partial charge is 0.486 e. The topological polar surface area (TPSA) is 49.2 Å². The number of alkyl halides is 1. The SMILES string of the molecule is Clc1cc(Cn2cc(CCBr)nn2)cc2c1OCCO2. The molecule has 0 atom stereocenters. The lowest BCUT2D eigenvalue weighted by Crippen LogP contribution is -2.16. The molecule has 3 rings (SSSR count). The van der Waals surface area contributed by atoms with E-state index in [0.717, 1.165) is 23.0 Å². The molecule has 7 heteroatoms. The fraction of sp³-hybridized carbons (Fsp3) is 0.385. The summed E-state index contributed by atoms with van der Waals surface area (Å²) in [5, 5.41) is 9.65. The first-order valence-electron chi connectivity index (χ1n) is 6.29. The Kier molecular flexibility index (Phi) is 4.12. The van der Waals surface area contributed by atoms with Crippen molar-refractivity contribution in [1.29, 1.82) is 0 Å². The first-order chi connectivity index (χ1) is 9.76. The zero-order valence-corrected chi connectivity index (χ0v) is 13.0. The highest BCUT2D eigenvalue weighted by Crippen LogP contribution is 2.38. The van der Waals surface area contributed by atoms with E-state index in [1.165, 1.54) is 0 Å². The van der Waals surface area contributed by atoms with Crippen molar-refractivity contribution in [3.05, 3.63) is 34.6 Å². The third kappa shape index (κ3) is 2.91. The van der Waals surface area contributed by atoms with Gasteiger partial charge in [-0.1, -0.05) is 32.7 Å². The van der Waals surface area contributed by atoms with Crippen molar-refractivity contribution in [2.45, 2.75) is 13.0 Å². The van der Waals surface area contributed by atoms with E-state index in [9.17, 15) is 0 Å². The highest BCUT2D eigenvalue weighted by molar-refractivity contribution is 9.09. The van der Waals surface area contributed by atoms with Crippen LogP contribution in [0.25, 0.3) is 0 Å². The molecule has 0 fully saturated rings. The van der Waals surface area contributed by atoms with E-state index in [-0.39, 0.29) is 0 Å². The smallest absolute Gasteiger partial charge is 0.179 e. The van der Waals surface area contributed by atoms with Gasteiger partial charge in [0.2, 0.25) is 0 Å². The summed E-state index contributed by atoms with van der Waals surface area (Å²) < 4.78 is 12.9. The molecule has 1 aliphatic heterocycles. The molecule has 1 aromatic carbocycles. The van der Waals surface area contributed by atoms with Gasteiger partial charge in [0.1, 0.15) is 13.2 Å². The summed E-state index contributed by atoms with van der Waals surface area (Å²) in [5.41, 5.74) is 1.97. The minimum absolute atomic E-state index is 0.533. The number of aryl methyl sites for hydroxylation is 1. The zero-order valence-electron chi connectivity index (χ0n) is 10.7. The third-order valence-electron chi connectivity index (χ3n) is 2.94. The van der Waals surface area contributed by atoms with Gasteiger partial charge in [-0.05, 0) is 17.7 Å². The summed E-state index contributed by atoms with van der Waals surface area (Å²) in [6.45, 7) is 1.68. The molecule has 1 aliphatic rings. The van der Waals surface area contributed by atoms with Gasteiger partial charge >= 0.3 is 0 Å². The van der Waals surface area contributed by atoms with Gasteiger partial charge < -0.3 is 9.47 Å². The molecule has 0 spiro atoms. The van der Waals surface area contributed by atoms with Crippen molar-refractivity contribution in [3.63, 3.8) is 0 Å². The Bertz CT molecular complexity index is 618. The van der Waals surface area contributed by atoms with Crippen LogP contribution in [0.3, 0.4) is 0 Å². The van der Waals surface area contributed by atoms with Crippen LogP contribution < -0.4 is 9.47 Å². The fourth-order valence-corrected chi connectivity index (χ4v) is 2.76. The predicted octanol–water partition coefficient (Wildman–Crippen LogP) is 2.69. The number of nitrogens with zero attached hydrogens (tertiary/aromatic N) is 3. The van der Waals surface area contributed by atoms with Crippen LogP contribution in [-0.2, 0) is 13.0 Å². The first kappa shape index (κ1) is 13.7. The van der Waals surface area contributed by atoms with Gasteiger partial charge in [0, 0.05) is 17.9 Å². The van der Waals surface area contributed by atoms with Gasteiger partial charge in [-0.3, -0.25) is 0 Å². The van der Waals surface area contributed by atoms with E-state index < -0.39 is 0 Å². The molecule has 20 heavy (non-hydrogen) atoms. The Morgan fingerprint density at radius 2 is 2.15 bits per heavy atom. The Hall–Kier alpha value is -1.27. The second-order valence-corrected chi connectivity index (χ2v) is 5.65. The third-order valence-corrected chi connectivity index (χ3v) is 3.62. The highest BCUT2D eigenvalue weighted by atomic mass is 79.9. The normalized spacial score (nSPS) is 13.5. The number of benzene rings is 1. The standard InChI is InChI=1S/C13H13BrClN3O2/c14-2-1-10-8-18(17-16-10)7-9-5-11(15)13-12(6-9)19-3-4-20-13/h5-6,8H,1-4,7H2. The number of hydrogen-bond donors (Lipinski definition) is 0. The average Bonchev–Trinajstić information content (AvgIpc) is 2.87. The maximum atomic E-state index is 6.21. The summed E-state index contributed by atoms with van der Waals surface area (Å²) in [7, 11) is 0. The molecule has 0 aliphatic carbocycles. The number of ether oxygens (including phenoxy) is 2. The second-order valence-electron chi connectivity index (χ2n) is 4.45. The van der Waals surface area contributed by atoms with Crippen molar-refractivity contribution < 1.29 is 9.47 Å². The number of halogens is 2. The summed E-state index contributed by atoms with van der Waals surface area (Å²) in [6, 6.07) is 3.81. The van der Waals surface area contributed by atoms with E-state index in [1.807, 2.05) is 18.3 Å².